The number of likely N-dealkylation sites (tertiary alicyclic amines) is 1. The van der Waals surface area contributed by atoms with Crippen LogP contribution in [0, 0.1) is 0 Å². The third-order valence-electron chi connectivity index (χ3n) is 2.75. The highest BCUT2D eigenvalue weighted by atomic mass is 32.3. The Morgan fingerprint density at radius 3 is 2.88 bits per heavy atom. The molecule has 0 radical (unpaired) electrons. The predicted octanol–water partition coefficient (Wildman–Crippen LogP) is -0.148. The molecule has 1 atom stereocenters. The van der Waals surface area contributed by atoms with Gasteiger partial charge in [0.1, 0.15) is 11.1 Å². The van der Waals surface area contributed by atoms with Gasteiger partial charge < -0.3 is 9.88 Å². The van der Waals surface area contributed by atoms with E-state index in [9.17, 15) is 17.1 Å². The summed E-state index contributed by atoms with van der Waals surface area (Å²) in [6, 6.07) is 0. The Hall–Kier alpha value is -1.44. The molecule has 1 saturated heterocycles. The van der Waals surface area contributed by atoms with Crippen molar-refractivity contribution in [2.24, 2.45) is 0 Å². The van der Waals surface area contributed by atoms with Crippen molar-refractivity contribution in [2.45, 2.75) is 18.1 Å². The number of hydrogen-bond donors (Lipinski definition) is 1. The number of imidazole rings is 1. The minimum atomic E-state index is -4.63. The highest BCUT2D eigenvalue weighted by molar-refractivity contribution is 7.87. The molecule has 1 N–H and O–H groups in total. The maximum absolute atomic E-state index is 12.7. The zero-order valence-electron chi connectivity index (χ0n) is 8.97. The molecule has 8 heteroatoms. The smallest absolute Gasteiger partial charge is 0.307 e. The molecule has 1 unspecified atom stereocenters. The summed E-state index contributed by atoms with van der Waals surface area (Å²) < 4.78 is 34.1. The van der Waals surface area contributed by atoms with Crippen molar-refractivity contribution in [3.8, 4) is 0 Å². The third kappa shape index (κ3) is 2.82. The average Bonchev–Trinajstić information content (AvgIpc) is 2.83. The molecule has 94 valence electrons. The topological polar surface area (TPSA) is 83.1 Å². The fraction of sp³-hybridized carbons (Fsp3) is 0.556. The number of aromatic amines is 1. The molecule has 0 aromatic carbocycles. The molecule has 1 fully saturated rings. The monoisotopic (exact) mass is 261 g/mol. The summed E-state index contributed by atoms with van der Waals surface area (Å²) in [6.07, 6.45) is 3.49. The van der Waals surface area contributed by atoms with Gasteiger partial charge in [-0.25, -0.2) is 4.98 Å². The van der Waals surface area contributed by atoms with E-state index in [0.29, 0.717) is 18.8 Å². The van der Waals surface area contributed by atoms with Crippen LogP contribution in [-0.4, -0.2) is 47.5 Å². The Bertz CT molecular complexity index is 500. The van der Waals surface area contributed by atoms with Gasteiger partial charge in [0.2, 0.25) is 5.91 Å². The van der Waals surface area contributed by atoms with Crippen LogP contribution in [0.5, 0.6) is 0 Å². The van der Waals surface area contributed by atoms with Crippen molar-refractivity contribution >= 4 is 16.1 Å². The SMILES string of the molecule is O=C1CC(S(=O)(=O)F)CN1CCc1ncc[nH]1. The molecule has 1 aromatic rings. The van der Waals surface area contributed by atoms with E-state index >= 15 is 0 Å². The second-order valence-electron chi connectivity index (χ2n) is 3.93. The van der Waals surface area contributed by atoms with Crippen molar-refractivity contribution < 1.29 is 17.1 Å². The van der Waals surface area contributed by atoms with Gasteiger partial charge in [0, 0.05) is 38.3 Å². The van der Waals surface area contributed by atoms with Gasteiger partial charge in [-0.15, -0.1) is 3.89 Å². The van der Waals surface area contributed by atoms with E-state index in [1.54, 1.807) is 12.4 Å². The summed E-state index contributed by atoms with van der Waals surface area (Å²) in [5.41, 5.74) is 0. The minimum absolute atomic E-state index is 0.0711. The lowest BCUT2D eigenvalue weighted by Crippen LogP contribution is -2.29. The molecule has 0 saturated carbocycles. The first kappa shape index (κ1) is 12.0. The normalized spacial score (nSPS) is 21.1. The second-order valence-corrected chi connectivity index (χ2v) is 5.55. The summed E-state index contributed by atoms with van der Waals surface area (Å²) in [5.74, 6) is 0.382. The Morgan fingerprint density at radius 2 is 2.35 bits per heavy atom. The number of H-pyrrole nitrogens is 1. The van der Waals surface area contributed by atoms with Gasteiger partial charge in [-0.1, -0.05) is 0 Å². The molecule has 1 amide bonds. The van der Waals surface area contributed by atoms with E-state index in [4.69, 9.17) is 0 Å². The van der Waals surface area contributed by atoms with Gasteiger partial charge in [-0.3, -0.25) is 4.79 Å². The fourth-order valence-electron chi connectivity index (χ4n) is 1.82. The lowest BCUT2D eigenvalue weighted by Gasteiger charge is -2.14. The Morgan fingerprint density at radius 1 is 1.59 bits per heavy atom. The third-order valence-corrected chi connectivity index (χ3v) is 3.86. The zero-order valence-corrected chi connectivity index (χ0v) is 9.78. The number of nitrogens with one attached hydrogen (secondary N) is 1. The lowest BCUT2D eigenvalue weighted by atomic mass is 10.4. The Balaban J connectivity index is 1.93. The number of rotatable bonds is 4. The summed E-state index contributed by atoms with van der Waals surface area (Å²) >= 11 is 0. The minimum Gasteiger partial charge on any atom is -0.349 e. The number of halogens is 1. The van der Waals surface area contributed by atoms with Gasteiger partial charge in [-0.2, -0.15) is 8.42 Å². The maximum atomic E-state index is 12.7. The summed E-state index contributed by atoms with van der Waals surface area (Å²) in [6.45, 7) is 0.275. The van der Waals surface area contributed by atoms with Gasteiger partial charge in [-0.05, 0) is 0 Å². The average molecular weight is 261 g/mol. The molecule has 0 aliphatic carbocycles. The first-order chi connectivity index (χ1) is 7.97. The zero-order chi connectivity index (χ0) is 12.5. The van der Waals surface area contributed by atoms with Gasteiger partial charge in [0.25, 0.3) is 0 Å². The van der Waals surface area contributed by atoms with E-state index in [1.165, 1.54) is 4.90 Å². The van der Waals surface area contributed by atoms with Crippen LogP contribution in [0.2, 0.25) is 0 Å². The number of nitrogens with zero attached hydrogens (tertiary/aromatic N) is 2. The van der Waals surface area contributed by atoms with Gasteiger partial charge in [0.15, 0.2) is 0 Å². The van der Waals surface area contributed by atoms with Gasteiger partial charge in [0.05, 0.1) is 0 Å². The van der Waals surface area contributed by atoms with Crippen LogP contribution < -0.4 is 0 Å². The van der Waals surface area contributed by atoms with E-state index < -0.39 is 15.5 Å². The standard InChI is InChI=1S/C9H12FN3O3S/c10-17(15,16)7-5-9(14)13(6-7)4-1-8-11-2-3-12-8/h2-3,7H,1,4-6H2,(H,11,12). The van der Waals surface area contributed by atoms with Crippen molar-refractivity contribution in [3.63, 3.8) is 0 Å². The van der Waals surface area contributed by atoms with Crippen LogP contribution in [0.15, 0.2) is 12.4 Å². The number of hydrogen-bond acceptors (Lipinski definition) is 4. The predicted molar refractivity (Wildman–Crippen MR) is 57.3 cm³/mol. The number of amides is 1. The summed E-state index contributed by atoms with van der Waals surface area (Å²) in [5, 5.41) is -1.22. The van der Waals surface area contributed by atoms with E-state index in [-0.39, 0.29) is 18.9 Å². The first-order valence-electron chi connectivity index (χ1n) is 5.16. The van der Waals surface area contributed by atoms with Crippen LogP contribution in [0.3, 0.4) is 0 Å². The van der Waals surface area contributed by atoms with Crippen LogP contribution in [0.4, 0.5) is 3.89 Å². The molecule has 0 spiro atoms. The number of carbonyl (C=O) groups excluding carboxylic acids is 1. The van der Waals surface area contributed by atoms with Crippen molar-refractivity contribution in [1.82, 2.24) is 14.9 Å². The van der Waals surface area contributed by atoms with E-state index in [1.807, 2.05) is 0 Å². The van der Waals surface area contributed by atoms with Crippen LogP contribution in [-0.2, 0) is 21.4 Å². The van der Waals surface area contributed by atoms with Gasteiger partial charge >= 0.3 is 10.2 Å². The molecule has 1 aliphatic heterocycles. The van der Waals surface area contributed by atoms with Crippen LogP contribution in [0.1, 0.15) is 12.2 Å². The molecule has 6 nitrogen and oxygen atoms in total. The largest absolute Gasteiger partial charge is 0.349 e. The Kier molecular flexibility index (Phi) is 3.14. The molecule has 0 bridgehead atoms. The summed E-state index contributed by atoms with van der Waals surface area (Å²) in [4.78, 5) is 19.7. The Labute approximate surface area is 98.1 Å². The fourth-order valence-corrected chi connectivity index (χ4v) is 2.52. The summed E-state index contributed by atoms with van der Waals surface area (Å²) in [7, 11) is -4.63. The lowest BCUT2D eigenvalue weighted by molar-refractivity contribution is -0.127. The van der Waals surface area contributed by atoms with E-state index in [2.05, 4.69) is 9.97 Å². The van der Waals surface area contributed by atoms with Crippen molar-refractivity contribution in [3.05, 3.63) is 18.2 Å². The molecule has 1 aliphatic rings. The van der Waals surface area contributed by atoms with E-state index in [0.717, 1.165) is 0 Å². The molecule has 2 heterocycles. The molecular formula is C9H12FN3O3S. The number of aromatic nitrogens is 2. The van der Waals surface area contributed by atoms with Crippen molar-refractivity contribution in [1.29, 1.82) is 0 Å². The molecule has 17 heavy (non-hydrogen) atoms. The maximum Gasteiger partial charge on any atom is 0.307 e. The quantitative estimate of drug-likeness (QED) is 0.764. The van der Waals surface area contributed by atoms with Crippen LogP contribution >= 0.6 is 0 Å². The molecular weight excluding hydrogens is 249 g/mol. The highest BCUT2D eigenvalue weighted by Gasteiger charge is 2.38. The highest BCUT2D eigenvalue weighted by Crippen LogP contribution is 2.19. The van der Waals surface area contributed by atoms with Crippen molar-refractivity contribution in [2.75, 3.05) is 13.1 Å². The second kappa shape index (κ2) is 4.44. The molecule has 2 rings (SSSR count). The van der Waals surface area contributed by atoms with Crippen LogP contribution in [0.25, 0.3) is 0 Å². The number of carbonyl (C=O) groups is 1. The molecule has 1 aromatic heterocycles. The first-order valence-corrected chi connectivity index (χ1v) is 6.61.